The van der Waals surface area contributed by atoms with Gasteiger partial charge in [0.25, 0.3) is 5.91 Å². The van der Waals surface area contributed by atoms with Crippen LogP contribution in [0, 0.1) is 0 Å². The van der Waals surface area contributed by atoms with Gasteiger partial charge < -0.3 is 14.6 Å². The first-order valence-electron chi connectivity index (χ1n) is 5.81. The minimum Gasteiger partial charge on any atom is -0.463 e. The van der Waals surface area contributed by atoms with Gasteiger partial charge in [0.05, 0.1) is 6.26 Å². The number of hydrogen-bond donors (Lipinski definition) is 1. The molecule has 0 spiro atoms. The quantitative estimate of drug-likeness (QED) is 0.662. The molecule has 1 heterocycles. The van der Waals surface area contributed by atoms with E-state index >= 15 is 0 Å². The number of oxime groups is 1. The van der Waals surface area contributed by atoms with E-state index in [-0.39, 0.29) is 12.5 Å². The lowest BCUT2D eigenvalue weighted by Crippen LogP contribution is -2.17. The zero-order chi connectivity index (χ0) is 13.5. The van der Waals surface area contributed by atoms with Crippen molar-refractivity contribution in [3.05, 3.63) is 54.5 Å². The molecule has 0 aliphatic rings. The monoisotopic (exact) mass is 258 g/mol. The number of rotatable bonds is 5. The van der Waals surface area contributed by atoms with E-state index in [1.165, 1.54) is 0 Å². The molecule has 0 bridgehead atoms. The van der Waals surface area contributed by atoms with Crippen molar-refractivity contribution in [1.82, 2.24) is 0 Å². The molecule has 5 nitrogen and oxygen atoms in total. The standard InChI is InChI=1S/C14H14N2O3/c1-11(13-8-5-9-18-13)16-19-10-14(17)15-12-6-3-2-4-7-12/h2-9H,10H2,1H3,(H,15,17). The van der Waals surface area contributed by atoms with E-state index in [1.807, 2.05) is 18.2 Å². The average molecular weight is 258 g/mol. The van der Waals surface area contributed by atoms with Crippen LogP contribution in [0.15, 0.2) is 58.3 Å². The predicted molar refractivity (Wildman–Crippen MR) is 71.9 cm³/mol. The van der Waals surface area contributed by atoms with Crippen molar-refractivity contribution in [3.8, 4) is 0 Å². The third kappa shape index (κ3) is 3.99. The molecule has 2 rings (SSSR count). The second kappa shape index (κ2) is 6.39. The Balaban J connectivity index is 1.80. The Kier molecular flexibility index (Phi) is 4.34. The van der Waals surface area contributed by atoms with Gasteiger partial charge in [-0.05, 0) is 31.2 Å². The van der Waals surface area contributed by atoms with E-state index in [0.717, 1.165) is 5.69 Å². The molecule has 5 heteroatoms. The van der Waals surface area contributed by atoms with Crippen molar-refractivity contribution >= 4 is 17.3 Å². The van der Waals surface area contributed by atoms with Crippen LogP contribution in [0.3, 0.4) is 0 Å². The van der Waals surface area contributed by atoms with Gasteiger partial charge in [-0.1, -0.05) is 23.4 Å². The summed E-state index contributed by atoms with van der Waals surface area (Å²) in [5, 5.41) is 6.50. The molecule has 1 amide bonds. The maximum absolute atomic E-state index is 11.6. The van der Waals surface area contributed by atoms with E-state index < -0.39 is 0 Å². The van der Waals surface area contributed by atoms with Gasteiger partial charge in [-0.3, -0.25) is 4.79 Å². The van der Waals surface area contributed by atoms with Crippen LogP contribution in [0.25, 0.3) is 0 Å². The summed E-state index contributed by atoms with van der Waals surface area (Å²) in [5.41, 5.74) is 1.31. The number of nitrogens with zero attached hydrogens (tertiary/aromatic N) is 1. The van der Waals surface area contributed by atoms with Crippen LogP contribution >= 0.6 is 0 Å². The molecule has 0 radical (unpaired) electrons. The molecule has 0 unspecified atom stereocenters. The maximum atomic E-state index is 11.6. The van der Waals surface area contributed by atoms with Gasteiger partial charge in [0, 0.05) is 5.69 Å². The smallest absolute Gasteiger partial charge is 0.265 e. The minimum atomic E-state index is -0.262. The van der Waals surface area contributed by atoms with Crippen LogP contribution in [0.4, 0.5) is 5.69 Å². The predicted octanol–water partition coefficient (Wildman–Crippen LogP) is 2.66. The van der Waals surface area contributed by atoms with Crippen LogP contribution in [0.5, 0.6) is 0 Å². The summed E-state index contributed by atoms with van der Waals surface area (Å²) < 4.78 is 5.14. The van der Waals surface area contributed by atoms with Crippen LogP contribution < -0.4 is 5.32 Å². The molecule has 1 N–H and O–H groups in total. The van der Waals surface area contributed by atoms with E-state index in [2.05, 4.69) is 10.5 Å². The number of para-hydroxylation sites is 1. The SMILES string of the molecule is CC(=NOCC(=O)Nc1ccccc1)c1ccco1. The van der Waals surface area contributed by atoms with Crippen LogP contribution in [0.2, 0.25) is 0 Å². The Hall–Kier alpha value is -2.56. The number of carbonyl (C=O) groups is 1. The number of hydrogen-bond acceptors (Lipinski definition) is 4. The normalized spacial score (nSPS) is 11.1. The van der Waals surface area contributed by atoms with Crippen molar-refractivity contribution in [3.63, 3.8) is 0 Å². The lowest BCUT2D eigenvalue weighted by Gasteiger charge is -2.04. The molecule has 0 fully saturated rings. The molecule has 2 aromatic rings. The summed E-state index contributed by atoms with van der Waals surface area (Å²) in [6.07, 6.45) is 1.55. The number of furan rings is 1. The fourth-order valence-corrected chi connectivity index (χ4v) is 1.44. The van der Waals surface area contributed by atoms with Crippen molar-refractivity contribution in [2.75, 3.05) is 11.9 Å². The first-order valence-corrected chi connectivity index (χ1v) is 5.81. The Bertz CT molecular complexity index is 547. The molecule has 19 heavy (non-hydrogen) atoms. The minimum absolute atomic E-state index is 0.146. The first-order chi connectivity index (χ1) is 9.25. The number of anilines is 1. The highest BCUT2D eigenvalue weighted by Gasteiger charge is 2.04. The van der Waals surface area contributed by atoms with Gasteiger partial charge in [-0.2, -0.15) is 0 Å². The number of nitrogens with one attached hydrogen (secondary N) is 1. The molecule has 0 saturated heterocycles. The van der Waals surface area contributed by atoms with E-state index in [1.54, 1.807) is 37.5 Å². The number of amides is 1. The zero-order valence-corrected chi connectivity index (χ0v) is 10.5. The summed E-state index contributed by atoms with van der Waals surface area (Å²) in [5.74, 6) is 0.352. The van der Waals surface area contributed by atoms with Crippen LogP contribution in [-0.4, -0.2) is 18.2 Å². The highest BCUT2D eigenvalue weighted by atomic mass is 16.6. The molecule has 98 valence electrons. The van der Waals surface area contributed by atoms with Gasteiger partial charge in [0.1, 0.15) is 5.71 Å². The highest BCUT2D eigenvalue weighted by Crippen LogP contribution is 2.05. The van der Waals surface area contributed by atoms with Crippen molar-refractivity contribution < 1.29 is 14.0 Å². The molecule has 0 atom stereocenters. The highest BCUT2D eigenvalue weighted by molar-refractivity contribution is 5.96. The topological polar surface area (TPSA) is 63.8 Å². The molecule has 1 aromatic carbocycles. The van der Waals surface area contributed by atoms with E-state index in [9.17, 15) is 4.79 Å². The van der Waals surface area contributed by atoms with Gasteiger partial charge in [0.2, 0.25) is 0 Å². The van der Waals surface area contributed by atoms with Crippen LogP contribution in [-0.2, 0) is 9.63 Å². The van der Waals surface area contributed by atoms with Crippen molar-refractivity contribution in [2.24, 2.45) is 5.16 Å². The second-order valence-electron chi connectivity index (χ2n) is 3.84. The van der Waals surface area contributed by atoms with Crippen molar-refractivity contribution in [1.29, 1.82) is 0 Å². The first kappa shape index (κ1) is 12.9. The summed E-state index contributed by atoms with van der Waals surface area (Å²) in [7, 11) is 0. The summed E-state index contributed by atoms with van der Waals surface area (Å²) in [6.45, 7) is 1.60. The second-order valence-corrected chi connectivity index (χ2v) is 3.84. The zero-order valence-electron chi connectivity index (χ0n) is 10.5. The maximum Gasteiger partial charge on any atom is 0.265 e. The fraction of sp³-hybridized carbons (Fsp3) is 0.143. The lowest BCUT2D eigenvalue weighted by atomic mass is 10.3. The van der Waals surface area contributed by atoms with Crippen molar-refractivity contribution in [2.45, 2.75) is 6.92 Å². The molecule has 0 aliphatic carbocycles. The van der Waals surface area contributed by atoms with Gasteiger partial charge in [-0.15, -0.1) is 0 Å². The third-order valence-corrected chi connectivity index (χ3v) is 2.33. The Morgan fingerprint density at radius 3 is 2.74 bits per heavy atom. The van der Waals surface area contributed by atoms with Gasteiger partial charge >= 0.3 is 0 Å². The summed E-state index contributed by atoms with van der Waals surface area (Å²) in [6, 6.07) is 12.7. The molecule has 1 aromatic heterocycles. The molecule has 0 aliphatic heterocycles. The lowest BCUT2D eigenvalue weighted by molar-refractivity contribution is -0.120. The number of benzene rings is 1. The Morgan fingerprint density at radius 1 is 1.26 bits per heavy atom. The number of carbonyl (C=O) groups excluding carboxylic acids is 1. The van der Waals surface area contributed by atoms with Crippen LogP contribution in [0.1, 0.15) is 12.7 Å². The summed E-state index contributed by atoms with van der Waals surface area (Å²) in [4.78, 5) is 16.5. The van der Waals surface area contributed by atoms with Gasteiger partial charge in [-0.25, -0.2) is 0 Å². The van der Waals surface area contributed by atoms with Gasteiger partial charge in [0.15, 0.2) is 12.4 Å². The average Bonchev–Trinajstić information content (AvgIpc) is 2.93. The Morgan fingerprint density at radius 2 is 2.05 bits per heavy atom. The molecular weight excluding hydrogens is 244 g/mol. The fourth-order valence-electron chi connectivity index (χ4n) is 1.44. The largest absolute Gasteiger partial charge is 0.463 e. The molecular formula is C14H14N2O3. The summed E-state index contributed by atoms with van der Waals surface area (Å²) >= 11 is 0. The van der Waals surface area contributed by atoms with E-state index in [4.69, 9.17) is 9.25 Å². The van der Waals surface area contributed by atoms with E-state index in [0.29, 0.717) is 11.5 Å². The Labute approximate surface area is 110 Å². The third-order valence-electron chi connectivity index (χ3n) is 2.33. The molecule has 0 saturated carbocycles.